The Bertz CT molecular complexity index is 910. The van der Waals surface area contributed by atoms with E-state index in [1.54, 1.807) is 0 Å². The van der Waals surface area contributed by atoms with Gasteiger partial charge in [0.1, 0.15) is 5.69 Å². The molecule has 1 fully saturated rings. The van der Waals surface area contributed by atoms with Gasteiger partial charge in [-0.3, -0.25) is 20.2 Å². The van der Waals surface area contributed by atoms with Crippen LogP contribution in [0.4, 0.5) is 36.4 Å². The third kappa shape index (κ3) is 5.36. The lowest BCUT2D eigenvalue weighted by molar-refractivity contribution is -0.384. The van der Waals surface area contributed by atoms with E-state index in [0.717, 1.165) is 44.5 Å². The predicted octanol–water partition coefficient (Wildman–Crippen LogP) is 3.16. The lowest BCUT2D eigenvalue weighted by Crippen LogP contribution is -2.30. The van der Waals surface area contributed by atoms with Gasteiger partial charge in [-0.1, -0.05) is 0 Å². The molecule has 0 atom stereocenters. The highest BCUT2D eigenvalue weighted by atomic mass is 19.4. The van der Waals surface area contributed by atoms with E-state index in [0.29, 0.717) is 12.0 Å². The lowest BCUT2D eigenvalue weighted by atomic mass is 10.1. The zero-order valence-corrected chi connectivity index (χ0v) is 15.8. The molecular weight excluding hydrogens is 407 g/mol. The summed E-state index contributed by atoms with van der Waals surface area (Å²) in [5.74, 6) is 0.253. The van der Waals surface area contributed by atoms with Crippen LogP contribution >= 0.6 is 0 Å². The fourth-order valence-corrected chi connectivity index (χ4v) is 3.06. The first-order valence-electron chi connectivity index (χ1n) is 9.31. The van der Waals surface area contributed by atoms with E-state index in [1.807, 2.05) is 4.90 Å². The molecule has 1 amide bonds. The first kappa shape index (κ1) is 21.3. The minimum Gasteiger partial charge on any atom is -0.379 e. The van der Waals surface area contributed by atoms with Crippen molar-refractivity contribution in [1.29, 1.82) is 0 Å². The van der Waals surface area contributed by atoms with Crippen molar-refractivity contribution in [3.8, 4) is 0 Å². The summed E-state index contributed by atoms with van der Waals surface area (Å²) in [5, 5.41) is 22.9. The predicted molar refractivity (Wildman–Crippen MR) is 102 cm³/mol. The number of amides is 1. The number of carbonyl (C=O) groups is 1. The molecular formula is C17H20F3N7O3. The lowest BCUT2D eigenvalue weighted by Gasteiger charge is -2.24. The van der Waals surface area contributed by atoms with Crippen molar-refractivity contribution in [1.82, 2.24) is 15.2 Å². The highest BCUT2D eigenvalue weighted by molar-refractivity contribution is 5.89. The number of nitro benzene ring substituents is 1. The number of aromatic amines is 1. The van der Waals surface area contributed by atoms with E-state index in [9.17, 15) is 28.1 Å². The summed E-state index contributed by atoms with van der Waals surface area (Å²) in [7, 11) is 0. The number of rotatable bonds is 7. The van der Waals surface area contributed by atoms with Crippen LogP contribution in [0.5, 0.6) is 0 Å². The average Bonchev–Trinajstić information content (AvgIpc) is 3.16. The highest BCUT2D eigenvalue weighted by Gasteiger charge is 2.33. The van der Waals surface area contributed by atoms with Crippen LogP contribution in [0.2, 0.25) is 0 Å². The standard InChI is InChI=1S/C17H20F3N7O3/c18-17(19,20)11-4-5-12(13(10-11)27(29)30)21-7-6-14(28)22-15-23-16(25-24-15)26-8-2-1-3-9-26/h4-5,10,21H,1-3,6-9H2,(H2,22,23,24,25,28). The summed E-state index contributed by atoms with van der Waals surface area (Å²) in [5.41, 5.74) is -1.94. The number of hydrogen-bond acceptors (Lipinski definition) is 7. The van der Waals surface area contributed by atoms with Crippen molar-refractivity contribution < 1.29 is 22.9 Å². The van der Waals surface area contributed by atoms with E-state index in [1.165, 1.54) is 0 Å². The number of nitrogens with zero attached hydrogens (tertiary/aromatic N) is 4. The molecule has 0 unspecified atom stereocenters. The molecule has 1 aliphatic rings. The van der Waals surface area contributed by atoms with Gasteiger partial charge in [0.25, 0.3) is 5.69 Å². The molecule has 0 spiro atoms. The van der Waals surface area contributed by atoms with Crippen molar-refractivity contribution in [2.45, 2.75) is 31.9 Å². The summed E-state index contributed by atoms with van der Waals surface area (Å²) < 4.78 is 38.2. The topological polar surface area (TPSA) is 129 Å². The van der Waals surface area contributed by atoms with Crippen LogP contribution in [-0.2, 0) is 11.0 Å². The number of hydrogen-bond donors (Lipinski definition) is 3. The van der Waals surface area contributed by atoms with Gasteiger partial charge in [-0.15, -0.1) is 5.10 Å². The van der Waals surface area contributed by atoms with Gasteiger partial charge in [-0.2, -0.15) is 18.2 Å². The maximum absolute atomic E-state index is 12.7. The molecule has 13 heteroatoms. The summed E-state index contributed by atoms with van der Waals surface area (Å²) in [6.07, 6.45) is -1.50. The van der Waals surface area contributed by atoms with E-state index < -0.39 is 28.3 Å². The SMILES string of the molecule is O=C(CCNc1ccc(C(F)(F)F)cc1[N+](=O)[O-])Nc1nc(N2CCCCC2)n[nH]1. The number of anilines is 3. The minimum absolute atomic E-state index is 0.0227. The normalized spacial score (nSPS) is 14.4. The number of nitro groups is 1. The molecule has 2 aromatic rings. The zero-order valence-electron chi connectivity index (χ0n) is 15.8. The first-order valence-corrected chi connectivity index (χ1v) is 9.31. The number of carbonyl (C=O) groups excluding carboxylic acids is 1. The summed E-state index contributed by atoms with van der Waals surface area (Å²) >= 11 is 0. The minimum atomic E-state index is -4.69. The van der Waals surface area contributed by atoms with Crippen molar-refractivity contribution in [2.75, 3.05) is 35.2 Å². The van der Waals surface area contributed by atoms with E-state index >= 15 is 0 Å². The summed E-state index contributed by atoms with van der Waals surface area (Å²) in [4.78, 5) is 28.5. The Labute approximate surface area is 169 Å². The van der Waals surface area contributed by atoms with Gasteiger partial charge >= 0.3 is 6.18 Å². The Morgan fingerprint density at radius 2 is 2.00 bits per heavy atom. The zero-order chi connectivity index (χ0) is 21.7. The molecule has 1 aliphatic heterocycles. The van der Waals surface area contributed by atoms with Crippen LogP contribution < -0.4 is 15.5 Å². The molecule has 0 aliphatic carbocycles. The summed E-state index contributed by atoms with van der Waals surface area (Å²) in [6.45, 7) is 1.67. The van der Waals surface area contributed by atoms with E-state index in [2.05, 4.69) is 25.8 Å². The molecule has 10 nitrogen and oxygen atoms in total. The van der Waals surface area contributed by atoms with Gasteiger partial charge in [0.2, 0.25) is 17.8 Å². The van der Waals surface area contributed by atoms with Gasteiger partial charge in [-0.25, -0.2) is 5.10 Å². The molecule has 1 aromatic carbocycles. The number of halogens is 3. The molecule has 3 N–H and O–H groups in total. The van der Waals surface area contributed by atoms with Crippen LogP contribution in [0.3, 0.4) is 0 Å². The van der Waals surface area contributed by atoms with Crippen LogP contribution in [0.15, 0.2) is 18.2 Å². The number of H-pyrrole nitrogens is 1. The number of aromatic nitrogens is 3. The second-order valence-electron chi connectivity index (χ2n) is 6.74. The third-order valence-electron chi connectivity index (χ3n) is 4.56. The molecule has 0 radical (unpaired) electrons. The van der Waals surface area contributed by atoms with E-state index in [4.69, 9.17) is 0 Å². The van der Waals surface area contributed by atoms with Gasteiger partial charge in [0, 0.05) is 32.1 Å². The Balaban J connectivity index is 1.53. The van der Waals surface area contributed by atoms with E-state index in [-0.39, 0.29) is 24.6 Å². The summed E-state index contributed by atoms with van der Waals surface area (Å²) in [6, 6.07) is 2.17. The van der Waals surface area contributed by atoms with Crippen molar-refractivity contribution in [3.05, 3.63) is 33.9 Å². The molecule has 1 saturated heterocycles. The van der Waals surface area contributed by atoms with Crippen molar-refractivity contribution in [3.63, 3.8) is 0 Å². The number of nitrogens with one attached hydrogen (secondary N) is 3. The average molecular weight is 427 g/mol. The van der Waals surface area contributed by atoms with Crippen LogP contribution in [-0.4, -0.2) is 45.6 Å². The molecule has 0 saturated carbocycles. The first-order chi connectivity index (χ1) is 14.2. The van der Waals surface area contributed by atoms with Crippen LogP contribution in [0.1, 0.15) is 31.2 Å². The quantitative estimate of drug-likeness (QED) is 0.457. The maximum atomic E-state index is 12.7. The second-order valence-corrected chi connectivity index (χ2v) is 6.74. The molecule has 1 aromatic heterocycles. The largest absolute Gasteiger partial charge is 0.416 e. The molecule has 162 valence electrons. The van der Waals surface area contributed by atoms with Crippen LogP contribution in [0, 0.1) is 10.1 Å². The van der Waals surface area contributed by atoms with Crippen molar-refractivity contribution >= 4 is 29.2 Å². The number of alkyl halides is 3. The molecule has 30 heavy (non-hydrogen) atoms. The third-order valence-corrected chi connectivity index (χ3v) is 4.56. The Kier molecular flexibility index (Phi) is 6.37. The maximum Gasteiger partial charge on any atom is 0.416 e. The van der Waals surface area contributed by atoms with Crippen molar-refractivity contribution in [2.24, 2.45) is 0 Å². The van der Waals surface area contributed by atoms with Gasteiger partial charge in [0.15, 0.2) is 0 Å². The van der Waals surface area contributed by atoms with Gasteiger partial charge < -0.3 is 10.2 Å². The molecule has 3 rings (SSSR count). The van der Waals surface area contributed by atoms with Crippen LogP contribution in [0.25, 0.3) is 0 Å². The Morgan fingerprint density at radius 3 is 2.67 bits per heavy atom. The van der Waals surface area contributed by atoms with Gasteiger partial charge in [0.05, 0.1) is 10.5 Å². The smallest absolute Gasteiger partial charge is 0.379 e. The fraction of sp³-hybridized carbons (Fsp3) is 0.471. The van der Waals surface area contributed by atoms with Gasteiger partial charge in [-0.05, 0) is 31.4 Å². The Hall–Kier alpha value is -3.38. The Morgan fingerprint density at radius 1 is 1.27 bits per heavy atom. The fourth-order valence-electron chi connectivity index (χ4n) is 3.06. The second kappa shape index (κ2) is 8.97. The number of benzene rings is 1. The number of piperidine rings is 1. The molecule has 2 heterocycles. The highest BCUT2D eigenvalue weighted by Crippen LogP contribution is 2.34. The molecule has 0 bridgehead atoms. The monoisotopic (exact) mass is 427 g/mol.